The molecule has 4 nitrogen and oxygen atoms in total. The summed E-state index contributed by atoms with van der Waals surface area (Å²) in [7, 11) is -10.1. The highest BCUT2D eigenvalue weighted by molar-refractivity contribution is 6.75. The predicted octanol–water partition coefficient (Wildman–Crippen LogP) is 22.3. The molecule has 0 aliphatic heterocycles. The van der Waals surface area contributed by atoms with Crippen LogP contribution >= 0.6 is 0 Å². The van der Waals surface area contributed by atoms with E-state index in [-0.39, 0.29) is 41.8 Å². The quantitative estimate of drug-likeness (QED) is 0.130. The molecule has 0 heterocycles. The second-order valence-electron chi connectivity index (χ2n) is 36.8. The van der Waals surface area contributed by atoms with Crippen molar-refractivity contribution in [3.05, 3.63) is 140 Å². The molecule has 4 atom stereocenters. The van der Waals surface area contributed by atoms with Crippen molar-refractivity contribution in [3.8, 4) is 47.4 Å². The van der Waals surface area contributed by atoms with Gasteiger partial charge in [0.1, 0.15) is 22.4 Å². The summed E-state index contributed by atoms with van der Waals surface area (Å²) in [6, 6.07) is 27.3. The molecule has 5 rings (SSSR count). The van der Waals surface area contributed by atoms with Crippen LogP contribution in [-0.4, -0.2) is 33.3 Å². The molecule has 1 aliphatic carbocycles. The van der Waals surface area contributed by atoms with Crippen molar-refractivity contribution in [1.29, 1.82) is 0 Å². The summed E-state index contributed by atoms with van der Waals surface area (Å²) < 4.78 is 31.0. The number of hydrogen-bond acceptors (Lipinski definition) is 4. The first kappa shape index (κ1) is 74.6. The fourth-order valence-electron chi connectivity index (χ4n) is 9.68. The predicted molar refractivity (Wildman–Crippen MR) is 391 cm³/mol. The molecule has 0 saturated heterocycles. The average Bonchev–Trinajstić information content (AvgIpc) is 3.42. The first-order valence-electron chi connectivity index (χ1n) is 32.6. The van der Waals surface area contributed by atoms with Crippen molar-refractivity contribution in [3.63, 3.8) is 0 Å². The standard InChI is InChI=1S/C80H120O4Si4/c1-69(2,3)61-45-57-37-41-78(26,82-86(31,32)74(16,17)18)66-51-59(47-63(54-66)71(7,8)9)39-43-80(28,84-88(35,36)76(22,23)24)68-52-60(48-64(56-68)72(10,11)12)40-44-79(27,83-87(33,34)75(19,20)21)67-50-58(46-62(55-67)70(4,5)6)38-42-77(25,65(49-57)53-61)81-85(29,30)73(13,14)15/h45-56H,1-36H3/t77-,78-,79-,80-/m1/s1. The molecule has 480 valence electrons. The lowest BCUT2D eigenvalue weighted by molar-refractivity contribution is 0.131. The van der Waals surface area contributed by atoms with E-state index in [0.29, 0.717) is 0 Å². The van der Waals surface area contributed by atoms with Crippen molar-refractivity contribution < 1.29 is 17.7 Å². The monoisotopic (exact) mass is 1260 g/mol. The topological polar surface area (TPSA) is 36.9 Å². The van der Waals surface area contributed by atoms with Gasteiger partial charge in [0.15, 0.2) is 33.3 Å². The molecule has 0 saturated carbocycles. The highest BCUT2D eigenvalue weighted by atomic mass is 28.4. The third-order valence-corrected chi connectivity index (χ3v) is 38.4. The SMILES string of the molecule is CC(C)(C)c1cc2cc(c1)[C@](C)(O[Si](C)(C)C(C)(C)C)C#Cc1cc(C(C)(C)C)cc(c1)[C@](C)(O[Si](C)(C)C(C)(C)C)C#Cc1cc(C(C)(C)C)cc(c1)[C@](C)(O[Si](C)(C)C(C)(C)C)C#Cc1cc(C(C)(C)C)cc(c1)[C@](C)(O[Si](C)(C)C(C)(C)C)C#C2. The summed E-state index contributed by atoms with van der Waals surface area (Å²) in [5, 5.41) is -0.449. The number of fused-ring (bicyclic) bond motifs is 8. The van der Waals surface area contributed by atoms with Gasteiger partial charge in [-0.1, -0.05) is 238 Å². The zero-order valence-electron chi connectivity index (χ0n) is 62.6. The van der Waals surface area contributed by atoms with Gasteiger partial charge in [0.05, 0.1) is 0 Å². The Morgan fingerprint density at radius 1 is 0.250 bits per heavy atom. The van der Waals surface area contributed by atoms with Gasteiger partial charge >= 0.3 is 0 Å². The third-order valence-electron chi connectivity index (χ3n) is 20.2. The van der Waals surface area contributed by atoms with Crippen molar-refractivity contribution in [2.45, 2.75) is 310 Å². The summed E-state index contributed by atoms with van der Waals surface area (Å²) in [5.41, 5.74) is 6.85. The molecular formula is C80H120O4Si4. The Bertz CT molecular complexity index is 3060. The lowest BCUT2D eigenvalue weighted by atomic mass is 9.81. The lowest BCUT2D eigenvalue weighted by Crippen LogP contribution is -2.47. The average molecular weight is 1260 g/mol. The maximum Gasteiger partial charge on any atom is 0.194 e. The zero-order valence-corrected chi connectivity index (χ0v) is 66.6. The molecule has 0 amide bonds. The Kier molecular flexibility index (Phi) is 20.4. The Labute approximate surface area is 545 Å². The molecule has 8 bridgehead atoms. The van der Waals surface area contributed by atoms with Crippen LogP contribution in [0.3, 0.4) is 0 Å². The highest BCUT2D eigenvalue weighted by Crippen LogP contribution is 2.48. The minimum Gasteiger partial charge on any atom is -0.397 e. The van der Waals surface area contributed by atoms with Crippen molar-refractivity contribution in [2.75, 3.05) is 0 Å². The molecule has 0 fully saturated rings. The Morgan fingerprint density at radius 2 is 0.398 bits per heavy atom. The van der Waals surface area contributed by atoms with Gasteiger partial charge in [0.25, 0.3) is 0 Å². The largest absolute Gasteiger partial charge is 0.397 e. The van der Waals surface area contributed by atoms with E-state index in [4.69, 9.17) is 17.7 Å². The minimum absolute atomic E-state index is 0.112. The maximum absolute atomic E-state index is 7.74. The zero-order chi connectivity index (χ0) is 67.9. The molecule has 88 heavy (non-hydrogen) atoms. The molecular weight excluding hydrogens is 1140 g/mol. The van der Waals surface area contributed by atoms with Gasteiger partial charge in [-0.3, -0.25) is 0 Å². The van der Waals surface area contributed by atoms with E-state index in [2.05, 4.69) is 366 Å². The molecule has 0 unspecified atom stereocenters. The van der Waals surface area contributed by atoms with Gasteiger partial charge in [-0.05, 0) is 215 Å². The number of benzene rings is 4. The lowest BCUT2D eigenvalue weighted by Gasteiger charge is -2.43. The molecule has 0 spiro atoms. The summed E-state index contributed by atoms with van der Waals surface area (Å²) in [6.07, 6.45) is 0. The molecule has 8 heteroatoms. The van der Waals surface area contributed by atoms with Crippen LogP contribution in [0, 0.1) is 47.4 Å². The smallest absolute Gasteiger partial charge is 0.194 e. The molecule has 0 aromatic heterocycles. The molecule has 4 aromatic carbocycles. The fourth-order valence-corrected chi connectivity index (χ4v) is 15.7. The van der Waals surface area contributed by atoms with E-state index in [1.807, 2.05) is 0 Å². The van der Waals surface area contributed by atoms with E-state index < -0.39 is 55.7 Å². The van der Waals surface area contributed by atoms with Gasteiger partial charge in [-0.15, -0.1) is 0 Å². The first-order chi connectivity index (χ1) is 39.0. The minimum atomic E-state index is -2.53. The van der Waals surface area contributed by atoms with Gasteiger partial charge < -0.3 is 17.7 Å². The third kappa shape index (κ3) is 17.3. The Balaban J connectivity index is 2.19. The van der Waals surface area contributed by atoms with E-state index in [1.165, 1.54) is 0 Å². The van der Waals surface area contributed by atoms with Gasteiger partial charge in [-0.25, -0.2) is 0 Å². The van der Waals surface area contributed by atoms with E-state index in [0.717, 1.165) is 66.8 Å². The molecule has 0 N–H and O–H groups in total. The van der Waals surface area contributed by atoms with Crippen LogP contribution in [0.5, 0.6) is 0 Å². The van der Waals surface area contributed by atoms with E-state index in [1.54, 1.807) is 0 Å². The van der Waals surface area contributed by atoms with Crippen molar-refractivity contribution >= 4 is 33.3 Å². The van der Waals surface area contributed by atoms with Crippen LogP contribution in [0.4, 0.5) is 0 Å². The maximum atomic E-state index is 7.74. The second kappa shape index (κ2) is 24.1. The molecule has 4 aromatic rings. The van der Waals surface area contributed by atoms with Gasteiger partial charge in [-0.2, -0.15) is 0 Å². The number of rotatable bonds is 8. The second-order valence-corrected chi connectivity index (χ2v) is 55.7. The number of hydrogen-bond donors (Lipinski definition) is 0. The summed E-state index contributed by atoms with van der Waals surface area (Å²) in [6.45, 7) is 82.3. The molecule has 0 radical (unpaired) electrons. The molecule has 1 aliphatic rings. The van der Waals surface area contributed by atoms with Crippen LogP contribution in [0.25, 0.3) is 0 Å². The fraction of sp³-hybridized carbons (Fsp3) is 0.600. The Morgan fingerprint density at radius 3 is 0.523 bits per heavy atom. The van der Waals surface area contributed by atoms with Crippen molar-refractivity contribution in [1.82, 2.24) is 0 Å². The van der Waals surface area contributed by atoms with E-state index in [9.17, 15) is 0 Å². The highest BCUT2D eigenvalue weighted by Gasteiger charge is 2.48. The summed E-state index contributed by atoms with van der Waals surface area (Å²) >= 11 is 0. The van der Waals surface area contributed by atoms with Crippen molar-refractivity contribution in [2.24, 2.45) is 0 Å². The van der Waals surface area contributed by atoms with E-state index >= 15 is 0 Å². The summed E-state index contributed by atoms with van der Waals surface area (Å²) in [4.78, 5) is 0. The first-order valence-corrected chi connectivity index (χ1v) is 44.2. The van der Waals surface area contributed by atoms with Crippen LogP contribution in [-0.2, 0) is 61.8 Å². The van der Waals surface area contributed by atoms with Crippen LogP contribution in [0.2, 0.25) is 72.5 Å². The normalized spacial score (nSPS) is 21.3. The summed E-state index contributed by atoms with van der Waals surface area (Å²) in [5.74, 6) is 30.9. The van der Waals surface area contributed by atoms with Gasteiger partial charge in [0, 0.05) is 22.3 Å². The van der Waals surface area contributed by atoms with Crippen LogP contribution < -0.4 is 0 Å². The Hall–Kier alpha value is -4.17. The van der Waals surface area contributed by atoms with Crippen LogP contribution in [0.1, 0.15) is 261 Å². The van der Waals surface area contributed by atoms with Crippen LogP contribution in [0.15, 0.2) is 72.8 Å². The van der Waals surface area contributed by atoms with Gasteiger partial charge in [0.2, 0.25) is 0 Å².